The van der Waals surface area contributed by atoms with E-state index < -0.39 is 0 Å². The SMILES string of the molecule is c1ccc2nc(N3CCC(c4noc(C5CC5)n4)CC3)c(N3CCCCC3)nc2c1. The van der Waals surface area contributed by atoms with Crippen LogP contribution in [0.5, 0.6) is 0 Å². The Morgan fingerprint density at radius 3 is 1.97 bits per heavy atom. The van der Waals surface area contributed by atoms with Crippen molar-refractivity contribution in [3.05, 3.63) is 36.0 Å². The third-order valence-corrected chi connectivity index (χ3v) is 6.73. The first-order valence-corrected chi connectivity index (χ1v) is 11.5. The number of rotatable bonds is 4. The quantitative estimate of drug-likeness (QED) is 0.643. The van der Waals surface area contributed by atoms with Crippen molar-refractivity contribution in [3.8, 4) is 0 Å². The molecule has 1 saturated carbocycles. The Bertz CT molecular complexity index is 1030. The van der Waals surface area contributed by atoms with Gasteiger partial charge < -0.3 is 14.3 Å². The van der Waals surface area contributed by atoms with Gasteiger partial charge in [-0.3, -0.25) is 0 Å². The number of fused-ring (bicyclic) bond motifs is 1. The average molecular weight is 405 g/mol. The zero-order chi connectivity index (χ0) is 19.9. The molecular weight excluding hydrogens is 376 g/mol. The molecule has 3 aliphatic rings. The fraction of sp³-hybridized carbons (Fsp3) is 0.565. The molecule has 7 heteroatoms. The maximum absolute atomic E-state index is 5.50. The summed E-state index contributed by atoms with van der Waals surface area (Å²) in [4.78, 5) is 19.7. The molecule has 0 spiro atoms. The first-order chi connectivity index (χ1) is 14.8. The molecule has 30 heavy (non-hydrogen) atoms. The van der Waals surface area contributed by atoms with E-state index in [0.29, 0.717) is 11.8 Å². The van der Waals surface area contributed by atoms with E-state index in [9.17, 15) is 0 Å². The van der Waals surface area contributed by atoms with Crippen LogP contribution >= 0.6 is 0 Å². The summed E-state index contributed by atoms with van der Waals surface area (Å²) in [5.41, 5.74) is 1.96. The van der Waals surface area contributed by atoms with Crippen molar-refractivity contribution in [1.29, 1.82) is 0 Å². The minimum absolute atomic E-state index is 0.379. The molecule has 3 fully saturated rings. The zero-order valence-electron chi connectivity index (χ0n) is 17.3. The highest BCUT2D eigenvalue weighted by Crippen LogP contribution is 2.40. The van der Waals surface area contributed by atoms with Crippen LogP contribution in [0.15, 0.2) is 28.8 Å². The third kappa shape index (κ3) is 3.40. The first kappa shape index (κ1) is 18.1. The Balaban J connectivity index is 1.26. The highest BCUT2D eigenvalue weighted by Gasteiger charge is 2.32. The molecule has 0 atom stereocenters. The van der Waals surface area contributed by atoms with Crippen LogP contribution in [0.3, 0.4) is 0 Å². The number of para-hydroxylation sites is 2. The molecule has 3 aromatic rings. The van der Waals surface area contributed by atoms with Gasteiger partial charge in [-0.25, -0.2) is 9.97 Å². The Kier molecular flexibility index (Phi) is 4.54. The van der Waals surface area contributed by atoms with Crippen LogP contribution in [0.4, 0.5) is 11.6 Å². The van der Waals surface area contributed by atoms with Crippen LogP contribution in [-0.4, -0.2) is 46.3 Å². The normalized spacial score (nSPS) is 20.8. The molecule has 156 valence electrons. The summed E-state index contributed by atoms with van der Waals surface area (Å²) in [5.74, 6) is 4.75. The van der Waals surface area contributed by atoms with Crippen LogP contribution in [0.1, 0.15) is 68.5 Å². The molecule has 2 saturated heterocycles. The van der Waals surface area contributed by atoms with Crippen molar-refractivity contribution in [3.63, 3.8) is 0 Å². The van der Waals surface area contributed by atoms with Crippen LogP contribution in [0.25, 0.3) is 11.0 Å². The molecule has 0 unspecified atom stereocenters. The van der Waals surface area contributed by atoms with Crippen molar-refractivity contribution in [1.82, 2.24) is 20.1 Å². The molecule has 1 aliphatic carbocycles. The Morgan fingerprint density at radius 1 is 0.700 bits per heavy atom. The molecule has 2 aromatic heterocycles. The van der Waals surface area contributed by atoms with Gasteiger partial charge in [0.1, 0.15) is 0 Å². The summed E-state index contributed by atoms with van der Waals surface area (Å²) in [6.45, 7) is 4.05. The number of nitrogens with zero attached hydrogens (tertiary/aromatic N) is 6. The molecule has 1 aromatic carbocycles. The van der Waals surface area contributed by atoms with Gasteiger partial charge in [-0.1, -0.05) is 17.3 Å². The van der Waals surface area contributed by atoms with Gasteiger partial charge in [-0.15, -0.1) is 0 Å². The summed E-state index contributed by atoms with van der Waals surface area (Å²) < 4.78 is 5.50. The van der Waals surface area contributed by atoms with Gasteiger partial charge in [0, 0.05) is 38.0 Å². The minimum Gasteiger partial charge on any atom is -0.354 e. The second-order valence-electron chi connectivity index (χ2n) is 8.93. The molecule has 0 radical (unpaired) electrons. The second-order valence-corrected chi connectivity index (χ2v) is 8.93. The maximum Gasteiger partial charge on any atom is 0.229 e. The highest BCUT2D eigenvalue weighted by molar-refractivity contribution is 5.81. The number of hydrogen-bond donors (Lipinski definition) is 0. The van der Waals surface area contributed by atoms with Gasteiger partial charge in [0.15, 0.2) is 17.5 Å². The predicted molar refractivity (Wildman–Crippen MR) is 116 cm³/mol. The molecular formula is C23H28N6O. The van der Waals surface area contributed by atoms with E-state index in [0.717, 1.165) is 73.4 Å². The highest BCUT2D eigenvalue weighted by atomic mass is 16.5. The standard InChI is InChI=1S/C23H28N6O/c1-4-12-28(13-5-1)21-22(25-19-7-3-2-6-18(19)24-21)29-14-10-16(11-15-29)20-26-23(30-27-20)17-8-9-17/h2-3,6-7,16-17H,1,4-5,8-15H2. The Morgan fingerprint density at radius 2 is 1.33 bits per heavy atom. The van der Waals surface area contributed by atoms with E-state index in [1.165, 1.54) is 32.1 Å². The van der Waals surface area contributed by atoms with Crippen molar-refractivity contribution in [2.45, 2.75) is 56.8 Å². The third-order valence-electron chi connectivity index (χ3n) is 6.73. The van der Waals surface area contributed by atoms with Crippen LogP contribution in [0.2, 0.25) is 0 Å². The first-order valence-electron chi connectivity index (χ1n) is 11.5. The smallest absolute Gasteiger partial charge is 0.229 e. The zero-order valence-corrected chi connectivity index (χ0v) is 17.3. The Hall–Kier alpha value is -2.70. The minimum atomic E-state index is 0.379. The number of aromatic nitrogens is 4. The summed E-state index contributed by atoms with van der Waals surface area (Å²) in [7, 11) is 0. The molecule has 0 bridgehead atoms. The summed E-state index contributed by atoms with van der Waals surface area (Å²) in [6.07, 6.45) is 8.22. The van der Waals surface area contributed by atoms with Crippen LogP contribution < -0.4 is 9.80 Å². The van der Waals surface area contributed by atoms with Crippen molar-refractivity contribution in [2.75, 3.05) is 36.0 Å². The van der Waals surface area contributed by atoms with Gasteiger partial charge in [0.05, 0.1) is 11.0 Å². The number of benzene rings is 1. The van der Waals surface area contributed by atoms with E-state index >= 15 is 0 Å². The van der Waals surface area contributed by atoms with Gasteiger partial charge in [-0.05, 0) is 57.1 Å². The molecule has 0 N–H and O–H groups in total. The van der Waals surface area contributed by atoms with Gasteiger partial charge >= 0.3 is 0 Å². The number of piperidine rings is 2. The predicted octanol–water partition coefficient (Wildman–Crippen LogP) is 4.26. The van der Waals surface area contributed by atoms with E-state index in [4.69, 9.17) is 19.5 Å². The fourth-order valence-electron chi connectivity index (χ4n) is 4.77. The van der Waals surface area contributed by atoms with Crippen molar-refractivity contribution >= 4 is 22.7 Å². The van der Waals surface area contributed by atoms with E-state index in [1.807, 2.05) is 12.1 Å². The number of anilines is 2. The largest absolute Gasteiger partial charge is 0.354 e. The van der Waals surface area contributed by atoms with Crippen molar-refractivity contribution in [2.24, 2.45) is 0 Å². The van der Waals surface area contributed by atoms with E-state index in [-0.39, 0.29) is 0 Å². The lowest BCUT2D eigenvalue weighted by molar-refractivity contribution is 0.364. The summed E-state index contributed by atoms with van der Waals surface area (Å²) in [6, 6.07) is 8.22. The summed E-state index contributed by atoms with van der Waals surface area (Å²) >= 11 is 0. The molecule has 6 rings (SSSR count). The lowest BCUT2D eigenvalue weighted by Gasteiger charge is -2.35. The van der Waals surface area contributed by atoms with E-state index in [2.05, 4.69) is 27.1 Å². The van der Waals surface area contributed by atoms with Crippen LogP contribution in [0, 0.1) is 0 Å². The van der Waals surface area contributed by atoms with Crippen molar-refractivity contribution < 1.29 is 4.52 Å². The average Bonchev–Trinajstić information content (AvgIpc) is 3.55. The van der Waals surface area contributed by atoms with Gasteiger partial charge in [-0.2, -0.15) is 4.98 Å². The topological polar surface area (TPSA) is 71.2 Å². The van der Waals surface area contributed by atoms with Gasteiger partial charge in [0.2, 0.25) is 5.89 Å². The molecule has 4 heterocycles. The molecule has 7 nitrogen and oxygen atoms in total. The molecule has 2 aliphatic heterocycles. The number of hydrogen-bond acceptors (Lipinski definition) is 7. The van der Waals surface area contributed by atoms with Gasteiger partial charge in [0.25, 0.3) is 0 Å². The summed E-state index contributed by atoms with van der Waals surface area (Å²) in [5, 5.41) is 4.29. The molecule has 0 amide bonds. The maximum atomic E-state index is 5.50. The second kappa shape index (κ2) is 7.52. The van der Waals surface area contributed by atoms with E-state index in [1.54, 1.807) is 0 Å². The Labute approximate surface area is 176 Å². The fourth-order valence-corrected chi connectivity index (χ4v) is 4.77. The lowest BCUT2D eigenvalue weighted by Crippen LogP contribution is -2.37. The van der Waals surface area contributed by atoms with Crippen LogP contribution in [-0.2, 0) is 0 Å². The monoisotopic (exact) mass is 404 g/mol. The lowest BCUT2D eigenvalue weighted by atomic mass is 9.96.